The van der Waals surface area contributed by atoms with Crippen LogP contribution in [0.2, 0.25) is 0 Å². The number of thioether (sulfide) groups is 2. The lowest BCUT2D eigenvalue weighted by Gasteiger charge is -2.32. The molecule has 0 bridgehead atoms. The van der Waals surface area contributed by atoms with Crippen LogP contribution in [0.5, 0.6) is 0 Å². The van der Waals surface area contributed by atoms with Gasteiger partial charge in [0.1, 0.15) is 5.60 Å². The highest BCUT2D eigenvalue weighted by Crippen LogP contribution is 2.72. The quantitative estimate of drug-likeness (QED) is 0.177. The van der Waals surface area contributed by atoms with Gasteiger partial charge in [-0.3, -0.25) is 37.5 Å². The number of fused-ring (bicyclic) bond motifs is 1. The summed E-state index contributed by atoms with van der Waals surface area (Å²) in [6, 6.07) is 0.957. The van der Waals surface area contributed by atoms with Gasteiger partial charge in [0.05, 0.1) is 13.2 Å². The van der Waals surface area contributed by atoms with E-state index in [1.807, 2.05) is 46.5 Å². The summed E-state index contributed by atoms with van der Waals surface area (Å²) in [6.07, 6.45) is -1.04. The van der Waals surface area contributed by atoms with E-state index in [0.717, 1.165) is 19.2 Å². The maximum absolute atomic E-state index is 16.0. The first kappa shape index (κ1) is 38.1. The molecule has 1 aliphatic heterocycles. The van der Waals surface area contributed by atoms with Crippen LogP contribution in [0, 0.1) is 10.8 Å². The van der Waals surface area contributed by atoms with E-state index in [1.54, 1.807) is 0 Å². The number of hydrogen-bond donors (Lipinski definition) is 3. The van der Waals surface area contributed by atoms with Crippen molar-refractivity contribution in [1.29, 1.82) is 0 Å². The van der Waals surface area contributed by atoms with E-state index < -0.39 is 59.3 Å². The summed E-state index contributed by atoms with van der Waals surface area (Å²) in [5, 5.41) is 22.4. The van der Waals surface area contributed by atoms with Gasteiger partial charge in [-0.05, 0) is 32.6 Å². The summed E-state index contributed by atoms with van der Waals surface area (Å²) in [6.45, 7) is 11.6. The molecule has 0 radical (unpaired) electrons. The van der Waals surface area contributed by atoms with Crippen molar-refractivity contribution in [3.8, 4) is 0 Å². The number of nitrogens with zero attached hydrogens (tertiary/aromatic N) is 1. The van der Waals surface area contributed by atoms with E-state index in [2.05, 4.69) is 0 Å². The third kappa shape index (κ3) is 8.39. The van der Waals surface area contributed by atoms with Gasteiger partial charge < -0.3 is 14.9 Å². The lowest BCUT2D eigenvalue weighted by atomic mass is 9.95. The molecule has 1 aliphatic carbocycles. The number of unbranched alkanes of at least 4 members (excludes halogenated alkanes) is 2. The van der Waals surface area contributed by atoms with Gasteiger partial charge in [0, 0.05) is 34.6 Å². The number of phosphoric acid groups is 1. The number of aromatic nitrogens is 2. The Morgan fingerprint density at radius 2 is 1.49 bits per heavy atom. The maximum Gasteiger partial charge on any atom is 0.475 e. The predicted molar refractivity (Wildman–Crippen MR) is 168 cm³/mol. The van der Waals surface area contributed by atoms with E-state index >= 15 is 4.39 Å². The van der Waals surface area contributed by atoms with Gasteiger partial charge in [0.2, 0.25) is 0 Å². The number of aromatic amines is 1. The minimum Gasteiger partial charge on any atom is -0.382 e. The summed E-state index contributed by atoms with van der Waals surface area (Å²) < 4.78 is 52.0. The zero-order valence-corrected chi connectivity index (χ0v) is 29.2. The first-order valence-electron chi connectivity index (χ1n) is 14.6. The third-order valence-corrected chi connectivity index (χ3v) is 11.5. The Kier molecular flexibility index (Phi) is 11.9. The number of ether oxygens (including phenoxy) is 1. The lowest BCUT2D eigenvalue weighted by molar-refractivity contribution is -0.182. The largest absolute Gasteiger partial charge is 0.475 e. The Balaban J connectivity index is 1.65. The molecule has 1 aromatic heterocycles. The topological polar surface area (TPSA) is 183 Å². The van der Waals surface area contributed by atoms with Gasteiger partial charge in [-0.25, -0.2) is 13.8 Å². The van der Waals surface area contributed by atoms with Crippen molar-refractivity contribution in [2.45, 2.75) is 104 Å². The Hall–Kier alpha value is -1.36. The predicted octanol–water partition coefficient (Wildman–Crippen LogP) is 3.93. The molecule has 256 valence electrons. The molecule has 13 nitrogen and oxygen atoms in total. The smallest absolute Gasteiger partial charge is 0.382 e. The number of hydrogen-bond acceptors (Lipinski definition) is 13. The molecule has 2 heterocycles. The van der Waals surface area contributed by atoms with Crippen LogP contribution in [-0.2, 0) is 32.5 Å². The summed E-state index contributed by atoms with van der Waals surface area (Å²) in [7, 11) is -4.56. The van der Waals surface area contributed by atoms with Crippen molar-refractivity contribution in [3.63, 3.8) is 0 Å². The maximum atomic E-state index is 16.0. The van der Waals surface area contributed by atoms with E-state index in [-0.39, 0.29) is 23.4 Å². The minimum absolute atomic E-state index is 0.0272. The molecule has 2 fully saturated rings. The Labute approximate surface area is 269 Å². The van der Waals surface area contributed by atoms with Gasteiger partial charge in [-0.15, -0.1) is 0 Å². The number of halogens is 1. The van der Waals surface area contributed by atoms with Crippen molar-refractivity contribution in [2.24, 2.45) is 10.8 Å². The van der Waals surface area contributed by atoms with Crippen LogP contribution in [0.1, 0.15) is 80.4 Å². The first-order valence-corrected chi connectivity index (χ1v) is 18.1. The molecule has 1 aromatic rings. The van der Waals surface area contributed by atoms with Gasteiger partial charge in [0.15, 0.2) is 28.2 Å². The molecule has 17 heteroatoms. The summed E-state index contributed by atoms with van der Waals surface area (Å²) in [5.41, 5.74) is -8.00. The monoisotopic (exact) mass is 698 g/mol. The number of phosphoric ester groups is 1. The number of aliphatic hydroxyl groups is 2. The number of rotatable bonds is 15. The van der Waals surface area contributed by atoms with Crippen molar-refractivity contribution in [1.82, 2.24) is 9.55 Å². The zero-order valence-electron chi connectivity index (χ0n) is 26.6. The minimum atomic E-state index is -4.56. The third-order valence-electron chi connectivity index (χ3n) is 7.29. The van der Waals surface area contributed by atoms with Crippen molar-refractivity contribution < 1.29 is 47.1 Å². The SMILES string of the molecule is CC(C)(C)C(=O)SCCCCOP(=O)(OCCCCSC(=O)C(C)(C)C)OC1[C@]2(O)[C@@](C)(O)[C@H](n3ccc(=O)[nH]c3=O)O[C@]12F. The normalized spacial score (nSPS) is 28.2. The van der Waals surface area contributed by atoms with Crippen LogP contribution in [0.15, 0.2) is 21.9 Å². The molecule has 1 saturated carbocycles. The molecule has 5 atom stereocenters. The molecular weight excluding hydrogens is 654 g/mol. The molecule has 0 aromatic carbocycles. The fourth-order valence-corrected chi connectivity index (χ4v) is 7.81. The second kappa shape index (κ2) is 14.0. The highest BCUT2D eigenvalue weighted by Gasteiger charge is 2.95. The molecule has 45 heavy (non-hydrogen) atoms. The summed E-state index contributed by atoms with van der Waals surface area (Å²) in [5.74, 6) is -2.11. The number of alkyl halides is 1. The fraction of sp³-hybridized carbons (Fsp3) is 0.786. The first-order chi connectivity index (χ1) is 20.6. The van der Waals surface area contributed by atoms with Crippen LogP contribution >= 0.6 is 31.3 Å². The van der Waals surface area contributed by atoms with E-state index in [9.17, 15) is 34.0 Å². The van der Waals surface area contributed by atoms with E-state index in [1.165, 1.54) is 23.5 Å². The second-order valence-corrected chi connectivity index (χ2v) is 17.1. The Bertz CT molecular complexity index is 1360. The molecule has 0 spiro atoms. The van der Waals surface area contributed by atoms with Gasteiger partial charge in [0.25, 0.3) is 11.4 Å². The molecule has 3 N–H and O–H groups in total. The number of H-pyrrole nitrogens is 1. The summed E-state index contributed by atoms with van der Waals surface area (Å²) in [4.78, 5) is 49.9. The van der Waals surface area contributed by atoms with Crippen LogP contribution < -0.4 is 11.2 Å². The van der Waals surface area contributed by atoms with Crippen LogP contribution in [0.3, 0.4) is 0 Å². The van der Waals surface area contributed by atoms with Crippen molar-refractivity contribution >= 4 is 41.6 Å². The molecule has 1 saturated heterocycles. The van der Waals surface area contributed by atoms with E-state index in [0.29, 0.717) is 41.8 Å². The highest BCUT2D eigenvalue weighted by molar-refractivity contribution is 8.14. The van der Waals surface area contributed by atoms with Gasteiger partial charge in [-0.1, -0.05) is 65.1 Å². The molecule has 3 rings (SSSR count). The number of carbonyl (C=O) groups excluding carboxylic acids is 2. The Morgan fingerprint density at radius 3 is 1.89 bits per heavy atom. The average Bonchev–Trinajstić information content (AvgIpc) is 3.32. The summed E-state index contributed by atoms with van der Waals surface area (Å²) >= 11 is 2.35. The molecule has 2 aliphatic rings. The number of carbonyl (C=O) groups is 2. The van der Waals surface area contributed by atoms with Crippen molar-refractivity contribution in [2.75, 3.05) is 24.7 Å². The van der Waals surface area contributed by atoms with Crippen LogP contribution in [-0.4, -0.2) is 77.9 Å². The standard InChI is InChI=1S/C28H44FN2O11PS2/c1-24(2,3)21(33)44-16-10-8-14-39-43(38,40-15-9-11-17-45-22(34)25(4,5)6)42-19-27(37)26(7,36)20(41-28(19,27)29)31-13-12-18(32)30-23(31)35/h12-13,19-20,36-37H,8-11,14-17H2,1-7H3,(H,30,32,35)/t19?,20-,26+,27+,28-/m1/s1. The molecule has 0 amide bonds. The molecular formula is C28H44FN2O11PS2. The van der Waals surface area contributed by atoms with Gasteiger partial charge in [-0.2, -0.15) is 0 Å². The fourth-order valence-electron chi connectivity index (χ4n) is 4.43. The lowest BCUT2D eigenvalue weighted by Crippen LogP contribution is -2.51. The zero-order chi connectivity index (χ0) is 34.1. The van der Waals surface area contributed by atoms with Crippen molar-refractivity contribution in [3.05, 3.63) is 33.1 Å². The average molecular weight is 699 g/mol. The second-order valence-electron chi connectivity index (χ2n) is 13.3. The highest BCUT2D eigenvalue weighted by atomic mass is 32.2. The van der Waals surface area contributed by atoms with Gasteiger partial charge >= 0.3 is 13.5 Å². The van der Waals surface area contributed by atoms with Crippen LogP contribution in [0.4, 0.5) is 4.39 Å². The number of nitrogens with one attached hydrogen (secondary N) is 1. The van der Waals surface area contributed by atoms with E-state index in [4.69, 9.17) is 18.3 Å². The molecule has 1 unspecified atom stereocenters. The Morgan fingerprint density at radius 1 is 1.00 bits per heavy atom. The van der Waals surface area contributed by atoms with Crippen LogP contribution in [0.25, 0.3) is 0 Å².